The predicted molar refractivity (Wildman–Crippen MR) is 94.5 cm³/mol. The molecule has 1 saturated heterocycles. The minimum atomic E-state index is 0.385. The lowest BCUT2D eigenvalue weighted by atomic mass is 10.1. The van der Waals surface area contributed by atoms with Crippen LogP contribution in [0.2, 0.25) is 5.02 Å². The first-order valence-corrected chi connectivity index (χ1v) is 9.12. The quantitative estimate of drug-likeness (QED) is 0.874. The Bertz CT molecular complexity index is 465. The highest BCUT2D eigenvalue weighted by Gasteiger charge is 2.24. The van der Waals surface area contributed by atoms with Gasteiger partial charge >= 0.3 is 0 Å². The summed E-state index contributed by atoms with van der Waals surface area (Å²) >= 11 is 8.39. The van der Waals surface area contributed by atoms with E-state index >= 15 is 0 Å². The van der Waals surface area contributed by atoms with E-state index in [1.54, 1.807) is 0 Å². The van der Waals surface area contributed by atoms with Gasteiger partial charge in [-0.3, -0.25) is 4.90 Å². The summed E-state index contributed by atoms with van der Waals surface area (Å²) in [6, 6.07) is 3.92. The summed E-state index contributed by atoms with van der Waals surface area (Å²) in [7, 11) is 0. The van der Waals surface area contributed by atoms with Crippen molar-refractivity contribution in [2.45, 2.75) is 44.9 Å². The van der Waals surface area contributed by atoms with Crippen molar-refractivity contribution in [1.82, 2.24) is 9.88 Å². The van der Waals surface area contributed by atoms with Crippen LogP contribution < -0.4 is 5.32 Å². The maximum Gasteiger partial charge on any atom is 0.126 e. The summed E-state index contributed by atoms with van der Waals surface area (Å²) < 4.78 is 0.385. The van der Waals surface area contributed by atoms with Gasteiger partial charge in [0.25, 0.3) is 0 Å². The molecule has 0 radical (unpaired) electrons. The second kappa shape index (κ2) is 7.70. The molecular weight excluding hydrogens is 302 g/mol. The zero-order chi connectivity index (χ0) is 15.3. The minimum absolute atomic E-state index is 0.385. The van der Waals surface area contributed by atoms with Gasteiger partial charge in [-0.15, -0.1) is 0 Å². The number of aromatic nitrogens is 1. The number of rotatable bonds is 5. The van der Waals surface area contributed by atoms with Gasteiger partial charge in [0.2, 0.25) is 0 Å². The van der Waals surface area contributed by atoms with Crippen LogP contribution in [0.25, 0.3) is 0 Å². The van der Waals surface area contributed by atoms with E-state index in [4.69, 9.17) is 11.6 Å². The number of anilines is 1. The Kier molecular flexibility index (Phi) is 6.20. The Morgan fingerprint density at radius 1 is 1.38 bits per heavy atom. The molecule has 118 valence electrons. The van der Waals surface area contributed by atoms with Crippen molar-refractivity contribution >= 4 is 29.2 Å². The standard InChI is InChI=1S/C16H26ClN3S/c1-4-8-18-15-6-5-13(17)14(19-15)12-20-9-7-16(2,3)21-11-10-20/h5-6H,4,7-12H2,1-3H3,(H,18,19). The van der Waals surface area contributed by atoms with Crippen molar-refractivity contribution in [1.29, 1.82) is 0 Å². The molecule has 2 heterocycles. The summed E-state index contributed by atoms with van der Waals surface area (Å²) in [6.07, 6.45) is 2.31. The number of nitrogens with zero attached hydrogens (tertiary/aromatic N) is 2. The largest absolute Gasteiger partial charge is 0.370 e. The van der Waals surface area contributed by atoms with Crippen molar-refractivity contribution in [2.24, 2.45) is 0 Å². The Hall–Kier alpha value is -0.450. The molecule has 3 nitrogen and oxygen atoms in total. The van der Waals surface area contributed by atoms with Crippen LogP contribution in [0, 0.1) is 0 Å². The summed E-state index contributed by atoms with van der Waals surface area (Å²) in [4.78, 5) is 7.15. The van der Waals surface area contributed by atoms with Crippen molar-refractivity contribution in [3.63, 3.8) is 0 Å². The zero-order valence-electron chi connectivity index (χ0n) is 13.3. The number of thioether (sulfide) groups is 1. The Morgan fingerprint density at radius 2 is 2.19 bits per heavy atom. The monoisotopic (exact) mass is 327 g/mol. The van der Waals surface area contributed by atoms with Gasteiger partial charge in [0.1, 0.15) is 5.82 Å². The lowest BCUT2D eigenvalue weighted by Crippen LogP contribution is -2.27. The first kappa shape index (κ1) is 16.9. The van der Waals surface area contributed by atoms with E-state index in [0.29, 0.717) is 4.75 Å². The van der Waals surface area contributed by atoms with Crippen LogP contribution >= 0.6 is 23.4 Å². The molecule has 1 aliphatic rings. The molecule has 1 fully saturated rings. The lowest BCUT2D eigenvalue weighted by Gasteiger charge is -2.22. The van der Waals surface area contributed by atoms with Gasteiger partial charge in [-0.05, 0) is 31.5 Å². The van der Waals surface area contributed by atoms with E-state index in [2.05, 4.69) is 47.7 Å². The maximum absolute atomic E-state index is 6.32. The van der Waals surface area contributed by atoms with Crippen molar-refractivity contribution in [3.8, 4) is 0 Å². The molecule has 0 aliphatic carbocycles. The third-order valence-electron chi connectivity index (χ3n) is 3.78. The van der Waals surface area contributed by atoms with E-state index < -0.39 is 0 Å². The van der Waals surface area contributed by atoms with Gasteiger partial charge in [-0.1, -0.05) is 32.4 Å². The molecular formula is C16H26ClN3S. The molecule has 5 heteroatoms. The molecule has 1 aromatic heterocycles. The minimum Gasteiger partial charge on any atom is -0.370 e. The van der Waals surface area contributed by atoms with Crippen LogP contribution in [-0.2, 0) is 6.54 Å². The molecule has 0 spiro atoms. The van der Waals surface area contributed by atoms with E-state index in [9.17, 15) is 0 Å². The van der Waals surface area contributed by atoms with Crippen LogP contribution in [0.1, 0.15) is 39.3 Å². The smallest absolute Gasteiger partial charge is 0.126 e. The number of nitrogens with one attached hydrogen (secondary N) is 1. The molecule has 2 rings (SSSR count). The summed E-state index contributed by atoms with van der Waals surface area (Å²) in [5.74, 6) is 2.11. The second-order valence-corrected chi connectivity index (χ2v) is 8.40. The fourth-order valence-electron chi connectivity index (χ4n) is 2.38. The topological polar surface area (TPSA) is 28.2 Å². The molecule has 21 heavy (non-hydrogen) atoms. The van der Waals surface area contributed by atoms with E-state index in [0.717, 1.165) is 49.1 Å². The molecule has 0 atom stereocenters. The van der Waals surface area contributed by atoms with Gasteiger partial charge in [-0.25, -0.2) is 4.98 Å². The van der Waals surface area contributed by atoms with Gasteiger partial charge < -0.3 is 5.32 Å². The SMILES string of the molecule is CCCNc1ccc(Cl)c(CN2CCSC(C)(C)CC2)n1. The lowest BCUT2D eigenvalue weighted by molar-refractivity contribution is 0.273. The van der Waals surface area contributed by atoms with Crippen molar-refractivity contribution in [2.75, 3.05) is 30.7 Å². The fraction of sp³-hybridized carbons (Fsp3) is 0.688. The molecule has 1 N–H and O–H groups in total. The number of hydrogen-bond donors (Lipinski definition) is 1. The van der Waals surface area contributed by atoms with E-state index in [1.165, 1.54) is 12.2 Å². The summed E-state index contributed by atoms with van der Waals surface area (Å²) in [6.45, 7) is 10.8. The average molecular weight is 328 g/mol. The van der Waals surface area contributed by atoms with Crippen LogP contribution in [0.4, 0.5) is 5.82 Å². The van der Waals surface area contributed by atoms with Crippen LogP contribution in [0.3, 0.4) is 0 Å². The van der Waals surface area contributed by atoms with E-state index in [1.807, 2.05) is 12.1 Å². The number of pyridine rings is 1. The Morgan fingerprint density at radius 3 is 2.95 bits per heavy atom. The molecule has 0 saturated carbocycles. The highest BCUT2D eigenvalue weighted by atomic mass is 35.5. The Labute approximate surface area is 137 Å². The zero-order valence-corrected chi connectivity index (χ0v) is 14.9. The van der Waals surface area contributed by atoms with Gasteiger partial charge in [-0.2, -0.15) is 11.8 Å². The van der Waals surface area contributed by atoms with Crippen molar-refractivity contribution in [3.05, 3.63) is 22.8 Å². The van der Waals surface area contributed by atoms with Crippen LogP contribution in [0.5, 0.6) is 0 Å². The third-order valence-corrected chi connectivity index (χ3v) is 5.49. The second-order valence-electron chi connectivity index (χ2n) is 6.19. The Balaban J connectivity index is 2.01. The average Bonchev–Trinajstić information content (AvgIpc) is 2.61. The van der Waals surface area contributed by atoms with Gasteiger partial charge in [0.05, 0.1) is 10.7 Å². The molecule has 1 aromatic rings. The van der Waals surface area contributed by atoms with Crippen LogP contribution in [-0.4, -0.2) is 40.0 Å². The molecule has 0 unspecified atom stereocenters. The first-order chi connectivity index (χ1) is 10.00. The first-order valence-electron chi connectivity index (χ1n) is 7.76. The van der Waals surface area contributed by atoms with Crippen LogP contribution in [0.15, 0.2) is 12.1 Å². The van der Waals surface area contributed by atoms with E-state index in [-0.39, 0.29) is 0 Å². The molecule has 0 aromatic carbocycles. The number of halogens is 1. The third kappa shape index (κ3) is 5.35. The maximum atomic E-state index is 6.32. The molecule has 0 bridgehead atoms. The molecule has 1 aliphatic heterocycles. The highest BCUT2D eigenvalue weighted by Crippen LogP contribution is 2.31. The van der Waals surface area contributed by atoms with Crippen molar-refractivity contribution < 1.29 is 0 Å². The molecule has 0 amide bonds. The fourth-order valence-corrected chi connectivity index (χ4v) is 3.68. The predicted octanol–water partition coefficient (Wildman–Crippen LogP) is 4.27. The summed E-state index contributed by atoms with van der Waals surface area (Å²) in [5, 5.41) is 4.10. The number of hydrogen-bond acceptors (Lipinski definition) is 4. The normalized spacial score (nSPS) is 19.2. The van der Waals surface area contributed by atoms with Gasteiger partial charge in [0, 0.05) is 30.1 Å². The van der Waals surface area contributed by atoms with Gasteiger partial charge in [0.15, 0.2) is 0 Å². The highest BCUT2D eigenvalue weighted by molar-refractivity contribution is 8.00. The summed E-state index contributed by atoms with van der Waals surface area (Å²) in [5.41, 5.74) is 0.988.